The lowest BCUT2D eigenvalue weighted by molar-refractivity contribution is 0.443. The predicted octanol–water partition coefficient (Wildman–Crippen LogP) is 2.38. The van der Waals surface area contributed by atoms with Crippen LogP contribution in [0.25, 0.3) is 0 Å². The van der Waals surface area contributed by atoms with Gasteiger partial charge in [0.25, 0.3) is 10.0 Å². The number of nitrogens with zero attached hydrogens (tertiary/aromatic N) is 2. The van der Waals surface area contributed by atoms with Gasteiger partial charge in [-0.3, -0.25) is 0 Å². The van der Waals surface area contributed by atoms with Crippen LogP contribution in [-0.4, -0.2) is 30.8 Å². The van der Waals surface area contributed by atoms with Gasteiger partial charge in [0.15, 0.2) is 8.68 Å². The molecule has 0 unspecified atom stereocenters. The van der Waals surface area contributed by atoms with Crippen molar-refractivity contribution in [2.75, 3.05) is 13.1 Å². The van der Waals surface area contributed by atoms with E-state index in [1.54, 1.807) is 6.08 Å². The summed E-state index contributed by atoms with van der Waals surface area (Å²) in [5, 5.41) is 0. The van der Waals surface area contributed by atoms with Crippen LogP contribution in [0.5, 0.6) is 0 Å². The van der Waals surface area contributed by atoms with Crippen LogP contribution in [0.1, 0.15) is 13.3 Å². The van der Waals surface area contributed by atoms with Crippen molar-refractivity contribution in [1.82, 2.24) is 9.29 Å². The largest absolute Gasteiger partial charge is 0.254 e. The van der Waals surface area contributed by atoms with Crippen LogP contribution in [0, 0.1) is 0 Å². The maximum Gasteiger partial charge on any atom is 0.254 e. The fourth-order valence-electron chi connectivity index (χ4n) is 1.19. The highest BCUT2D eigenvalue weighted by atomic mass is 35.5. The second-order valence-corrected chi connectivity index (χ2v) is 6.86. The molecule has 0 aliphatic heterocycles. The fourth-order valence-corrected chi connectivity index (χ4v) is 4.14. The van der Waals surface area contributed by atoms with Crippen molar-refractivity contribution in [2.24, 2.45) is 0 Å². The van der Waals surface area contributed by atoms with Gasteiger partial charge in [-0.2, -0.15) is 4.31 Å². The molecule has 7 heteroatoms. The summed E-state index contributed by atoms with van der Waals surface area (Å²) >= 11 is 6.59. The van der Waals surface area contributed by atoms with Crippen LogP contribution in [-0.2, 0) is 10.0 Å². The molecule has 0 N–H and O–H groups in total. The lowest BCUT2D eigenvalue weighted by Gasteiger charge is -2.18. The van der Waals surface area contributed by atoms with E-state index >= 15 is 0 Å². The Kier molecular flexibility index (Phi) is 4.91. The minimum atomic E-state index is -3.47. The summed E-state index contributed by atoms with van der Waals surface area (Å²) in [4.78, 5) is 3.74. The highest BCUT2D eigenvalue weighted by molar-refractivity contribution is 7.91. The van der Waals surface area contributed by atoms with E-state index in [1.165, 1.54) is 10.5 Å². The van der Waals surface area contributed by atoms with E-state index in [4.69, 9.17) is 11.6 Å². The Morgan fingerprint density at radius 2 is 2.38 bits per heavy atom. The van der Waals surface area contributed by atoms with Gasteiger partial charge in [0.05, 0.1) is 6.20 Å². The van der Waals surface area contributed by atoms with E-state index < -0.39 is 10.0 Å². The van der Waals surface area contributed by atoms with E-state index in [0.29, 0.717) is 13.1 Å². The third-order valence-electron chi connectivity index (χ3n) is 1.86. The van der Waals surface area contributed by atoms with Crippen molar-refractivity contribution in [3.8, 4) is 0 Å². The van der Waals surface area contributed by atoms with Gasteiger partial charge in [0.1, 0.15) is 0 Å². The lowest BCUT2D eigenvalue weighted by Crippen LogP contribution is -2.31. The quantitative estimate of drug-likeness (QED) is 0.752. The third kappa shape index (κ3) is 3.04. The Hall–Kier alpha value is -0.430. The molecule has 0 saturated carbocycles. The first-order valence-corrected chi connectivity index (χ1v) is 7.38. The zero-order valence-electron chi connectivity index (χ0n) is 8.89. The second-order valence-electron chi connectivity index (χ2n) is 3.08. The van der Waals surface area contributed by atoms with Gasteiger partial charge in [-0.25, -0.2) is 13.4 Å². The zero-order chi connectivity index (χ0) is 12.2. The van der Waals surface area contributed by atoms with Crippen LogP contribution in [0.4, 0.5) is 0 Å². The Balaban J connectivity index is 3.02. The van der Waals surface area contributed by atoms with Gasteiger partial charge < -0.3 is 0 Å². The number of rotatable bonds is 6. The number of hydrogen-bond acceptors (Lipinski definition) is 4. The van der Waals surface area contributed by atoms with Crippen LogP contribution in [0.15, 0.2) is 23.1 Å². The number of thiazole rings is 1. The summed E-state index contributed by atoms with van der Waals surface area (Å²) in [6.07, 6.45) is 3.60. The van der Waals surface area contributed by atoms with Gasteiger partial charge in [-0.15, -0.1) is 6.58 Å². The van der Waals surface area contributed by atoms with Gasteiger partial charge in [-0.05, 0) is 6.42 Å². The van der Waals surface area contributed by atoms with Gasteiger partial charge >= 0.3 is 0 Å². The number of hydrogen-bond donors (Lipinski definition) is 0. The molecule has 0 spiro atoms. The molecular formula is C9H13ClN2O2S2. The summed E-state index contributed by atoms with van der Waals surface area (Å²) in [7, 11) is -3.47. The Bertz CT molecular complexity index is 456. The summed E-state index contributed by atoms with van der Waals surface area (Å²) in [6, 6.07) is 0. The molecule has 0 aromatic carbocycles. The molecule has 0 amide bonds. The Morgan fingerprint density at radius 1 is 1.69 bits per heavy atom. The summed E-state index contributed by atoms with van der Waals surface area (Å²) < 4.78 is 26.0. The number of sulfonamides is 1. The zero-order valence-corrected chi connectivity index (χ0v) is 11.3. The van der Waals surface area contributed by atoms with E-state index in [-0.39, 0.29) is 8.68 Å². The van der Waals surface area contributed by atoms with E-state index in [2.05, 4.69) is 11.6 Å². The van der Waals surface area contributed by atoms with Crippen molar-refractivity contribution in [2.45, 2.75) is 17.6 Å². The smallest absolute Gasteiger partial charge is 0.232 e. The minimum Gasteiger partial charge on any atom is -0.232 e. The maximum atomic E-state index is 12.1. The molecule has 0 fully saturated rings. The van der Waals surface area contributed by atoms with Crippen LogP contribution in [0.3, 0.4) is 0 Å². The second kappa shape index (κ2) is 5.77. The van der Waals surface area contributed by atoms with Crippen molar-refractivity contribution in [3.05, 3.63) is 23.3 Å². The average Bonchev–Trinajstić information content (AvgIpc) is 2.65. The van der Waals surface area contributed by atoms with E-state index in [9.17, 15) is 8.42 Å². The molecule has 4 nitrogen and oxygen atoms in total. The van der Waals surface area contributed by atoms with Crippen molar-refractivity contribution in [1.29, 1.82) is 0 Å². The molecule has 0 radical (unpaired) electrons. The molecule has 0 aliphatic rings. The van der Waals surface area contributed by atoms with Crippen LogP contribution < -0.4 is 0 Å². The van der Waals surface area contributed by atoms with Crippen molar-refractivity contribution < 1.29 is 8.42 Å². The third-order valence-corrected chi connectivity index (χ3v) is 5.27. The molecule has 1 heterocycles. The Labute approximate surface area is 105 Å². The van der Waals surface area contributed by atoms with Gasteiger partial charge in [0.2, 0.25) is 0 Å². The Morgan fingerprint density at radius 3 is 2.81 bits per heavy atom. The molecule has 0 aliphatic carbocycles. The highest BCUT2D eigenvalue weighted by Gasteiger charge is 2.24. The lowest BCUT2D eigenvalue weighted by atomic mass is 10.5. The first-order valence-electron chi connectivity index (χ1n) is 4.74. The van der Waals surface area contributed by atoms with Gasteiger partial charge in [0, 0.05) is 13.1 Å². The standard InChI is InChI=1S/C9H13ClN2O2S2/c1-3-5-12(6-4-2)16(13,14)8-7-11-9(10)15-8/h3,7H,1,4-6H2,2H3. The average molecular weight is 281 g/mol. The summed E-state index contributed by atoms with van der Waals surface area (Å²) in [6.45, 7) is 6.23. The van der Waals surface area contributed by atoms with Crippen molar-refractivity contribution in [3.63, 3.8) is 0 Å². The molecule has 1 rings (SSSR count). The molecule has 16 heavy (non-hydrogen) atoms. The summed E-state index contributed by atoms with van der Waals surface area (Å²) in [5.41, 5.74) is 0. The SMILES string of the molecule is C=CCN(CCC)S(=O)(=O)c1cnc(Cl)s1. The monoisotopic (exact) mass is 280 g/mol. The summed E-state index contributed by atoms with van der Waals surface area (Å²) in [5.74, 6) is 0. The number of aromatic nitrogens is 1. The predicted molar refractivity (Wildman–Crippen MR) is 66.4 cm³/mol. The molecule has 1 aromatic heterocycles. The molecule has 0 saturated heterocycles. The molecule has 0 atom stereocenters. The molecular weight excluding hydrogens is 268 g/mol. The normalized spacial score (nSPS) is 11.9. The van der Waals surface area contributed by atoms with Crippen molar-refractivity contribution >= 4 is 33.0 Å². The highest BCUT2D eigenvalue weighted by Crippen LogP contribution is 2.25. The number of halogens is 1. The maximum absolute atomic E-state index is 12.1. The van der Waals surface area contributed by atoms with Crippen LogP contribution >= 0.6 is 22.9 Å². The first-order chi connectivity index (χ1) is 7.52. The van der Waals surface area contributed by atoms with E-state index in [0.717, 1.165) is 17.8 Å². The van der Waals surface area contributed by atoms with Crippen LogP contribution in [0.2, 0.25) is 4.47 Å². The topological polar surface area (TPSA) is 50.3 Å². The molecule has 90 valence electrons. The molecule has 0 bridgehead atoms. The first kappa shape index (κ1) is 13.6. The molecule has 1 aromatic rings. The minimum absolute atomic E-state index is 0.174. The fraction of sp³-hybridized carbons (Fsp3) is 0.444. The van der Waals surface area contributed by atoms with Gasteiger partial charge in [-0.1, -0.05) is 35.9 Å². The van der Waals surface area contributed by atoms with E-state index in [1.807, 2.05) is 6.92 Å².